The van der Waals surface area contributed by atoms with Crippen LogP contribution in [0.4, 0.5) is 17.1 Å². The molecular weight excluding hydrogens is 715 g/mol. The van der Waals surface area contributed by atoms with Gasteiger partial charge in [0.1, 0.15) is 11.2 Å². The Morgan fingerprint density at radius 1 is 0.424 bits per heavy atom. The molecule has 0 N–H and O–H groups in total. The number of rotatable bonds is 4. The quantitative estimate of drug-likeness (QED) is 0.177. The Kier molecular flexibility index (Phi) is 7.97. The molecule has 0 radical (unpaired) electrons. The minimum Gasteiger partial charge on any atom is -0.455 e. The Labute approximate surface area is 350 Å². The lowest BCUT2D eigenvalue weighted by atomic mass is 9.79. The molecule has 0 saturated heterocycles. The summed E-state index contributed by atoms with van der Waals surface area (Å²) in [6.07, 6.45) is 0. The number of hydrogen-bond acceptors (Lipinski definition) is 2. The Morgan fingerprint density at radius 2 is 0.898 bits per heavy atom. The van der Waals surface area contributed by atoms with Crippen molar-refractivity contribution in [1.82, 2.24) is 0 Å². The maximum absolute atomic E-state index is 6.87. The number of aryl methyl sites for hydroxylation is 1. The molecule has 2 aliphatic rings. The number of benzene rings is 7. The molecule has 1 aromatic heterocycles. The van der Waals surface area contributed by atoms with Crippen molar-refractivity contribution in [2.75, 3.05) is 4.90 Å². The molecule has 2 aliphatic carbocycles. The zero-order chi connectivity index (χ0) is 41.4. The zero-order valence-corrected chi connectivity index (χ0v) is 36.6. The molecule has 59 heavy (non-hydrogen) atoms. The molecule has 2 nitrogen and oxygen atoms in total. The van der Waals surface area contributed by atoms with Crippen LogP contribution in [0.15, 0.2) is 138 Å². The summed E-state index contributed by atoms with van der Waals surface area (Å²) in [6.45, 7) is 25.6. The van der Waals surface area contributed by atoms with E-state index in [9.17, 15) is 0 Å². The van der Waals surface area contributed by atoms with Crippen LogP contribution in [-0.4, -0.2) is 0 Å². The van der Waals surface area contributed by atoms with Gasteiger partial charge in [-0.2, -0.15) is 0 Å². The highest BCUT2D eigenvalue weighted by Crippen LogP contribution is 2.55. The number of para-hydroxylation sites is 2. The normalized spacial score (nSPS) is 15.0. The molecule has 0 atom stereocenters. The predicted molar refractivity (Wildman–Crippen MR) is 251 cm³/mol. The van der Waals surface area contributed by atoms with Gasteiger partial charge >= 0.3 is 0 Å². The minimum absolute atomic E-state index is 0.0682. The predicted octanol–water partition coefficient (Wildman–Crippen LogP) is 16.2. The minimum atomic E-state index is -0.178. The standard InChI is InChI=1S/C57H55NO/c1-34-16-14-18-45-46-20-15-19-44(53(46)59-52(34)45)43-27-23-36(55(5,6)7)31-51(43)58(37-24-28-41-39-17-12-13-21-47(39)56(8,9)49(41)32-37)38-25-29-42-40-26-22-35(54(2,3)4)30-48(40)57(10,11)50(42)33-38/h12-33H,1-11H3. The molecule has 1 heterocycles. The van der Waals surface area contributed by atoms with E-state index in [0.29, 0.717) is 0 Å². The summed E-state index contributed by atoms with van der Waals surface area (Å²) in [5.74, 6) is 0. The van der Waals surface area contributed by atoms with Crippen LogP contribution in [0.2, 0.25) is 0 Å². The third-order valence-corrected chi connectivity index (χ3v) is 13.7. The summed E-state index contributed by atoms with van der Waals surface area (Å²) in [6, 6.07) is 50.7. The molecule has 0 amide bonds. The fraction of sp³-hybridized carbons (Fsp3) is 0.263. The van der Waals surface area contributed by atoms with Crippen molar-refractivity contribution in [2.24, 2.45) is 0 Å². The Bertz CT molecular complexity index is 3030. The lowest BCUT2D eigenvalue weighted by Gasteiger charge is -2.32. The molecule has 0 aliphatic heterocycles. The van der Waals surface area contributed by atoms with Crippen molar-refractivity contribution in [3.63, 3.8) is 0 Å². The van der Waals surface area contributed by atoms with Crippen LogP contribution in [0, 0.1) is 6.92 Å². The summed E-state index contributed by atoms with van der Waals surface area (Å²) in [5.41, 5.74) is 21.8. The van der Waals surface area contributed by atoms with E-state index in [-0.39, 0.29) is 21.7 Å². The molecule has 7 aromatic carbocycles. The number of furan rings is 1. The maximum atomic E-state index is 6.87. The first-order valence-electron chi connectivity index (χ1n) is 21.3. The van der Waals surface area contributed by atoms with E-state index in [1.807, 2.05) is 0 Å². The summed E-state index contributed by atoms with van der Waals surface area (Å²) in [7, 11) is 0. The van der Waals surface area contributed by atoms with Crippen molar-refractivity contribution in [3.8, 4) is 33.4 Å². The second kappa shape index (κ2) is 12.6. The average Bonchev–Trinajstić information content (AvgIpc) is 3.78. The van der Waals surface area contributed by atoms with Gasteiger partial charge in [-0.15, -0.1) is 0 Å². The van der Waals surface area contributed by atoms with E-state index < -0.39 is 0 Å². The van der Waals surface area contributed by atoms with Gasteiger partial charge in [-0.25, -0.2) is 0 Å². The van der Waals surface area contributed by atoms with Crippen LogP contribution in [0.5, 0.6) is 0 Å². The fourth-order valence-corrected chi connectivity index (χ4v) is 10.2. The number of fused-ring (bicyclic) bond motifs is 9. The smallest absolute Gasteiger partial charge is 0.143 e. The van der Waals surface area contributed by atoms with E-state index in [4.69, 9.17) is 4.42 Å². The SMILES string of the molecule is Cc1cccc2c1oc1c(-c3ccc(C(C)(C)C)cc3N(c3ccc4c(c3)C(C)(C)c3ccccc3-4)c3ccc4c(c3)C(C)(C)c3cc(C(C)(C)C)ccc3-4)cccc12. The fourth-order valence-electron chi connectivity index (χ4n) is 10.2. The highest BCUT2D eigenvalue weighted by molar-refractivity contribution is 6.11. The first kappa shape index (κ1) is 37.4. The number of anilines is 3. The van der Waals surface area contributed by atoms with E-state index in [1.165, 1.54) is 55.6 Å². The maximum Gasteiger partial charge on any atom is 0.143 e. The van der Waals surface area contributed by atoms with Gasteiger partial charge in [0.05, 0.1) is 5.69 Å². The van der Waals surface area contributed by atoms with E-state index in [0.717, 1.165) is 55.7 Å². The molecule has 10 rings (SSSR count). The molecule has 0 bridgehead atoms. The molecule has 8 aromatic rings. The van der Waals surface area contributed by atoms with Gasteiger partial charge < -0.3 is 9.32 Å². The molecule has 294 valence electrons. The monoisotopic (exact) mass is 769 g/mol. The Balaban J connectivity index is 1.25. The first-order chi connectivity index (χ1) is 27.9. The van der Waals surface area contributed by atoms with E-state index in [2.05, 4.69) is 215 Å². The largest absolute Gasteiger partial charge is 0.455 e. The highest BCUT2D eigenvalue weighted by Gasteiger charge is 2.39. The summed E-state index contributed by atoms with van der Waals surface area (Å²) >= 11 is 0. The van der Waals surface area contributed by atoms with Gasteiger partial charge in [-0.1, -0.05) is 172 Å². The first-order valence-corrected chi connectivity index (χ1v) is 21.3. The molecule has 2 heteroatoms. The number of hydrogen-bond donors (Lipinski definition) is 0. The lowest BCUT2D eigenvalue weighted by molar-refractivity contribution is 0.584. The zero-order valence-electron chi connectivity index (χ0n) is 36.6. The van der Waals surface area contributed by atoms with Gasteiger partial charge in [0, 0.05) is 44.1 Å². The van der Waals surface area contributed by atoms with Gasteiger partial charge in [0.25, 0.3) is 0 Å². The van der Waals surface area contributed by atoms with Crippen LogP contribution < -0.4 is 4.90 Å². The highest BCUT2D eigenvalue weighted by atomic mass is 16.3. The molecule has 0 saturated carbocycles. The summed E-state index contributed by atoms with van der Waals surface area (Å²) in [4.78, 5) is 2.54. The van der Waals surface area contributed by atoms with Crippen LogP contribution in [0.3, 0.4) is 0 Å². The van der Waals surface area contributed by atoms with Gasteiger partial charge in [-0.3, -0.25) is 0 Å². The van der Waals surface area contributed by atoms with Gasteiger partial charge in [-0.05, 0) is 109 Å². The molecular formula is C57H55NO. The second-order valence-electron chi connectivity index (χ2n) is 20.3. The summed E-state index contributed by atoms with van der Waals surface area (Å²) < 4.78 is 6.87. The Morgan fingerprint density at radius 3 is 1.53 bits per heavy atom. The molecule has 0 fully saturated rings. The summed E-state index contributed by atoms with van der Waals surface area (Å²) in [5, 5.41) is 2.30. The van der Waals surface area contributed by atoms with Crippen molar-refractivity contribution >= 4 is 39.0 Å². The van der Waals surface area contributed by atoms with E-state index >= 15 is 0 Å². The number of nitrogens with zero attached hydrogens (tertiary/aromatic N) is 1. The second-order valence-corrected chi connectivity index (χ2v) is 20.3. The third-order valence-electron chi connectivity index (χ3n) is 13.7. The lowest BCUT2D eigenvalue weighted by Crippen LogP contribution is -2.19. The Hall–Kier alpha value is -5.86. The molecule has 0 unspecified atom stereocenters. The third kappa shape index (κ3) is 5.59. The van der Waals surface area contributed by atoms with Crippen LogP contribution in [-0.2, 0) is 21.7 Å². The van der Waals surface area contributed by atoms with Crippen molar-refractivity contribution in [2.45, 2.75) is 97.8 Å². The van der Waals surface area contributed by atoms with Crippen molar-refractivity contribution < 1.29 is 4.42 Å². The molecule has 0 spiro atoms. The van der Waals surface area contributed by atoms with Crippen LogP contribution in [0.25, 0.3) is 55.3 Å². The van der Waals surface area contributed by atoms with Crippen molar-refractivity contribution in [3.05, 3.63) is 172 Å². The average molecular weight is 770 g/mol. The van der Waals surface area contributed by atoms with E-state index in [1.54, 1.807) is 0 Å². The van der Waals surface area contributed by atoms with Crippen molar-refractivity contribution in [1.29, 1.82) is 0 Å². The topological polar surface area (TPSA) is 16.4 Å². The van der Waals surface area contributed by atoms with Crippen LogP contribution in [0.1, 0.15) is 108 Å². The van der Waals surface area contributed by atoms with Gasteiger partial charge in [0.2, 0.25) is 0 Å². The van der Waals surface area contributed by atoms with Crippen LogP contribution >= 0.6 is 0 Å². The van der Waals surface area contributed by atoms with Gasteiger partial charge in [0.15, 0.2) is 0 Å².